The van der Waals surface area contributed by atoms with Gasteiger partial charge < -0.3 is 5.11 Å². The van der Waals surface area contributed by atoms with Crippen molar-refractivity contribution < 1.29 is 9.90 Å². The van der Waals surface area contributed by atoms with E-state index in [1.165, 1.54) is 41.6 Å². The molecule has 2 nitrogen and oxygen atoms in total. The minimum absolute atomic E-state index is 0.0261. The summed E-state index contributed by atoms with van der Waals surface area (Å²) in [7, 11) is 0. The molecule has 36 heavy (non-hydrogen) atoms. The Bertz CT molecular complexity index is 1220. The topological polar surface area (TPSA) is 40.1 Å². The average Bonchev–Trinajstić information content (AvgIpc) is 3.11. The first kappa shape index (κ1) is 25.3. The van der Waals surface area contributed by atoms with Crippen LogP contribution in [-0.4, -0.2) is 5.78 Å². The SMILES string of the molecule is CC1=CC(C2=C([O-])/C(=C3\C=C(C)C4CC(C(C)C)CCC(C)C34)C2=O)=C2C(C)=CCC(C(C)C)C=C12. The van der Waals surface area contributed by atoms with Crippen LogP contribution in [0, 0.1) is 41.4 Å². The molecule has 192 valence electrons. The van der Waals surface area contributed by atoms with Gasteiger partial charge in [-0.1, -0.05) is 70.3 Å². The molecule has 5 atom stereocenters. The van der Waals surface area contributed by atoms with Crippen LogP contribution in [0.15, 0.2) is 80.2 Å². The molecule has 0 bridgehead atoms. The molecule has 0 radical (unpaired) electrons. The van der Waals surface area contributed by atoms with E-state index in [0.717, 1.165) is 23.1 Å². The Hall–Kier alpha value is -2.35. The van der Waals surface area contributed by atoms with Gasteiger partial charge in [0.1, 0.15) is 0 Å². The number of fused-ring (bicyclic) bond motifs is 2. The standard InChI is InChI=1S/C34H44O2/c1-17(2)23-11-9-19(5)29-25(15-23)21(7)13-27(29)31-33(35)32(34(31)36)28-14-22(8)26-16-24(18(3)4)12-10-20(6)30(26)28/h9,13-15,17-18,20,23-24,26,30,35H,10-12,16H2,1-8H3/p-1/b32-28-. The maximum Gasteiger partial charge on any atom is 0.192 e. The fourth-order valence-corrected chi connectivity index (χ4v) is 7.54. The van der Waals surface area contributed by atoms with Crippen LogP contribution in [0.2, 0.25) is 0 Å². The monoisotopic (exact) mass is 483 g/mol. The fourth-order valence-electron chi connectivity index (χ4n) is 7.54. The van der Waals surface area contributed by atoms with Crippen LogP contribution in [0.25, 0.3) is 0 Å². The lowest BCUT2D eigenvalue weighted by Crippen LogP contribution is -2.34. The van der Waals surface area contributed by atoms with Gasteiger partial charge in [0.15, 0.2) is 5.78 Å². The van der Waals surface area contributed by atoms with E-state index in [1.807, 2.05) is 0 Å². The van der Waals surface area contributed by atoms with Crippen LogP contribution in [0.1, 0.15) is 81.1 Å². The van der Waals surface area contributed by atoms with Crippen molar-refractivity contribution in [1.29, 1.82) is 0 Å². The number of hydrogen-bond acceptors (Lipinski definition) is 2. The van der Waals surface area contributed by atoms with Crippen molar-refractivity contribution in [3.05, 3.63) is 80.2 Å². The minimum Gasteiger partial charge on any atom is -0.871 e. The van der Waals surface area contributed by atoms with Gasteiger partial charge in [0.25, 0.3) is 0 Å². The Morgan fingerprint density at radius 3 is 2.28 bits per heavy atom. The van der Waals surface area contributed by atoms with Crippen molar-refractivity contribution in [2.24, 2.45) is 41.4 Å². The molecule has 5 aliphatic rings. The summed E-state index contributed by atoms with van der Waals surface area (Å²) >= 11 is 0. The van der Waals surface area contributed by atoms with Crippen LogP contribution >= 0.6 is 0 Å². The summed E-state index contributed by atoms with van der Waals surface area (Å²) in [5.74, 6) is 3.62. The van der Waals surface area contributed by atoms with E-state index in [9.17, 15) is 9.90 Å². The third kappa shape index (κ3) is 3.87. The van der Waals surface area contributed by atoms with E-state index in [1.54, 1.807) is 0 Å². The van der Waals surface area contributed by atoms with Gasteiger partial charge in [-0.25, -0.2) is 0 Å². The molecule has 0 amide bonds. The summed E-state index contributed by atoms with van der Waals surface area (Å²) in [4.78, 5) is 13.8. The van der Waals surface area contributed by atoms with Gasteiger partial charge in [-0.3, -0.25) is 4.79 Å². The van der Waals surface area contributed by atoms with Crippen molar-refractivity contribution in [3.63, 3.8) is 0 Å². The van der Waals surface area contributed by atoms with Gasteiger partial charge in [0, 0.05) is 11.1 Å². The normalized spacial score (nSPS) is 34.7. The maximum absolute atomic E-state index is 13.8. The molecule has 5 aliphatic carbocycles. The molecular weight excluding hydrogens is 440 g/mol. The van der Waals surface area contributed by atoms with E-state index in [4.69, 9.17) is 0 Å². The highest BCUT2D eigenvalue weighted by molar-refractivity contribution is 6.23. The second-order valence-corrected chi connectivity index (χ2v) is 12.9. The van der Waals surface area contributed by atoms with E-state index in [-0.39, 0.29) is 11.5 Å². The molecule has 0 spiro atoms. The van der Waals surface area contributed by atoms with E-state index in [2.05, 4.69) is 79.7 Å². The number of carbonyl (C=O) groups is 1. The molecule has 0 aromatic rings. The van der Waals surface area contributed by atoms with Crippen molar-refractivity contribution in [2.45, 2.75) is 81.1 Å². The van der Waals surface area contributed by atoms with Crippen molar-refractivity contribution in [1.82, 2.24) is 0 Å². The molecule has 1 saturated carbocycles. The van der Waals surface area contributed by atoms with Crippen LogP contribution in [0.5, 0.6) is 0 Å². The number of rotatable bonds is 3. The molecule has 0 aromatic carbocycles. The predicted octanol–water partition coefficient (Wildman–Crippen LogP) is 7.57. The Kier molecular flexibility index (Phi) is 6.46. The Balaban J connectivity index is 1.59. The van der Waals surface area contributed by atoms with Crippen LogP contribution in [0.4, 0.5) is 0 Å². The lowest BCUT2D eigenvalue weighted by Gasteiger charge is -2.36. The number of allylic oxidation sites excluding steroid dienone is 13. The zero-order chi connectivity index (χ0) is 26.0. The van der Waals surface area contributed by atoms with E-state index in [0.29, 0.717) is 52.6 Å². The zero-order valence-corrected chi connectivity index (χ0v) is 23.5. The first-order valence-corrected chi connectivity index (χ1v) is 14.2. The highest BCUT2D eigenvalue weighted by Gasteiger charge is 2.44. The minimum atomic E-state index is -0.0261. The maximum atomic E-state index is 13.8. The van der Waals surface area contributed by atoms with E-state index < -0.39 is 0 Å². The highest BCUT2D eigenvalue weighted by Crippen LogP contribution is 2.53. The number of hydrogen-bond donors (Lipinski definition) is 0. The largest absolute Gasteiger partial charge is 0.871 e. The summed E-state index contributed by atoms with van der Waals surface area (Å²) < 4.78 is 0. The second kappa shape index (κ2) is 9.19. The number of ketones is 1. The highest BCUT2D eigenvalue weighted by atomic mass is 16.3. The quantitative estimate of drug-likeness (QED) is 0.388. The smallest absolute Gasteiger partial charge is 0.192 e. The van der Waals surface area contributed by atoms with Gasteiger partial charge in [0.2, 0.25) is 0 Å². The lowest BCUT2D eigenvalue weighted by atomic mass is 9.72. The van der Waals surface area contributed by atoms with E-state index >= 15 is 0 Å². The Morgan fingerprint density at radius 1 is 0.917 bits per heavy atom. The van der Waals surface area contributed by atoms with Gasteiger partial charge >= 0.3 is 0 Å². The molecule has 5 unspecified atom stereocenters. The second-order valence-electron chi connectivity index (χ2n) is 12.9. The van der Waals surface area contributed by atoms with Gasteiger partial charge in [-0.05, 0) is 121 Å². The summed E-state index contributed by atoms with van der Waals surface area (Å²) in [6, 6.07) is 0. The first-order chi connectivity index (χ1) is 17.0. The van der Waals surface area contributed by atoms with Gasteiger partial charge in [-0.2, -0.15) is 0 Å². The number of carbonyl (C=O) groups excluding carboxylic acids is 1. The average molecular weight is 484 g/mol. The van der Waals surface area contributed by atoms with Crippen molar-refractivity contribution in [3.8, 4) is 0 Å². The molecule has 0 heterocycles. The number of Topliss-reactive ketones (excluding diaryl/α,β-unsaturated/α-hetero) is 1. The van der Waals surface area contributed by atoms with Crippen molar-refractivity contribution >= 4 is 5.78 Å². The van der Waals surface area contributed by atoms with Gasteiger partial charge in [-0.15, -0.1) is 0 Å². The third-order valence-corrected chi connectivity index (χ3v) is 9.98. The van der Waals surface area contributed by atoms with Crippen LogP contribution in [0.3, 0.4) is 0 Å². The first-order valence-electron chi connectivity index (χ1n) is 14.2. The van der Waals surface area contributed by atoms with Gasteiger partial charge in [0.05, 0.1) is 0 Å². The summed E-state index contributed by atoms with van der Waals surface area (Å²) in [6.45, 7) is 18.0. The molecule has 0 saturated heterocycles. The fraction of sp³-hybridized carbons (Fsp3) is 0.559. The van der Waals surface area contributed by atoms with Crippen LogP contribution in [-0.2, 0) is 4.79 Å². The van der Waals surface area contributed by atoms with Crippen LogP contribution < -0.4 is 5.11 Å². The Morgan fingerprint density at radius 2 is 1.64 bits per heavy atom. The Labute approximate surface area is 218 Å². The predicted molar refractivity (Wildman–Crippen MR) is 147 cm³/mol. The zero-order valence-electron chi connectivity index (χ0n) is 23.5. The molecule has 2 heteroatoms. The third-order valence-electron chi connectivity index (χ3n) is 9.98. The lowest BCUT2D eigenvalue weighted by molar-refractivity contribution is -0.300. The molecular formula is C34H43O2-. The molecule has 0 N–H and O–H groups in total. The summed E-state index contributed by atoms with van der Waals surface area (Å²) in [5, 5.41) is 13.8. The molecule has 0 aliphatic heterocycles. The summed E-state index contributed by atoms with van der Waals surface area (Å²) in [5.41, 5.74) is 8.86. The van der Waals surface area contributed by atoms with Crippen molar-refractivity contribution in [2.75, 3.05) is 0 Å². The molecule has 0 aromatic heterocycles. The molecule has 1 fully saturated rings. The molecule has 5 rings (SSSR count). The summed E-state index contributed by atoms with van der Waals surface area (Å²) in [6.07, 6.45) is 13.6.